The molecular weight excluding hydrogens is 190 g/mol. The van der Waals surface area contributed by atoms with Crippen molar-refractivity contribution in [2.24, 2.45) is 0 Å². The molecule has 2 rings (SSSR count). The van der Waals surface area contributed by atoms with Gasteiger partial charge in [-0.2, -0.15) is 0 Å². The molecule has 0 radical (unpaired) electrons. The Morgan fingerprint density at radius 3 is 2.40 bits per heavy atom. The molecule has 1 saturated carbocycles. The minimum absolute atomic E-state index is 0.436. The second kappa shape index (κ2) is 5.83. The Balaban J connectivity index is 1.72. The molecule has 3 nitrogen and oxygen atoms in total. The van der Waals surface area contributed by atoms with Crippen molar-refractivity contribution in [3.63, 3.8) is 0 Å². The average molecular weight is 213 g/mol. The standard InChI is InChI=1S/C12H23NO2/c1-14-11-3-2-4-12(9-11)15-10-5-7-13-8-6-10/h10-13H,2-9H2,1H3. The highest BCUT2D eigenvalue weighted by atomic mass is 16.5. The number of nitrogens with one attached hydrogen (secondary N) is 1. The van der Waals surface area contributed by atoms with Gasteiger partial charge in [-0.1, -0.05) is 0 Å². The molecule has 3 heteroatoms. The predicted molar refractivity (Wildman–Crippen MR) is 60.0 cm³/mol. The molecule has 2 aliphatic rings. The lowest BCUT2D eigenvalue weighted by molar-refractivity contribution is -0.0727. The third kappa shape index (κ3) is 3.44. The zero-order valence-electron chi connectivity index (χ0n) is 9.71. The normalized spacial score (nSPS) is 34.2. The van der Waals surface area contributed by atoms with Gasteiger partial charge in [-0.05, 0) is 51.6 Å². The Hall–Kier alpha value is -0.120. The van der Waals surface area contributed by atoms with E-state index in [1.54, 1.807) is 0 Å². The van der Waals surface area contributed by atoms with Gasteiger partial charge >= 0.3 is 0 Å². The van der Waals surface area contributed by atoms with Crippen LogP contribution in [-0.2, 0) is 9.47 Å². The Morgan fingerprint density at radius 1 is 0.933 bits per heavy atom. The van der Waals surface area contributed by atoms with Gasteiger partial charge in [0.1, 0.15) is 0 Å². The van der Waals surface area contributed by atoms with E-state index in [2.05, 4.69) is 5.32 Å². The first kappa shape index (κ1) is 11.4. The van der Waals surface area contributed by atoms with E-state index in [9.17, 15) is 0 Å². The van der Waals surface area contributed by atoms with Gasteiger partial charge < -0.3 is 14.8 Å². The third-order valence-corrected chi connectivity index (χ3v) is 3.58. The van der Waals surface area contributed by atoms with Crippen LogP contribution in [-0.4, -0.2) is 38.5 Å². The number of rotatable bonds is 3. The molecule has 0 bridgehead atoms. The Kier molecular flexibility index (Phi) is 4.42. The lowest BCUT2D eigenvalue weighted by atomic mass is 9.94. The summed E-state index contributed by atoms with van der Waals surface area (Å²) in [6, 6.07) is 0. The summed E-state index contributed by atoms with van der Waals surface area (Å²) < 4.78 is 11.6. The van der Waals surface area contributed by atoms with Crippen LogP contribution in [0.2, 0.25) is 0 Å². The van der Waals surface area contributed by atoms with Gasteiger partial charge in [-0.25, -0.2) is 0 Å². The fourth-order valence-electron chi connectivity index (χ4n) is 2.64. The van der Waals surface area contributed by atoms with Gasteiger partial charge in [-0.15, -0.1) is 0 Å². The van der Waals surface area contributed by atoms with Gasteiger partial charge in [0.05, 0.1) is 18.3 Å². The summed E-state index contributed by atoms with van der Waals surface area (Å²) in [6.45, 7) is 2.23. The molecule has 1 heterocycles. The Bertz CT molecular complexity index is 180. The van der Waals surface area contributed by atoms with Crippen LogP contribution in [0.5, 0.6) is 0 Å². The summed E-state index contributed by atoms with van der Waals surface area (Å²) in [7, 11) is 1.82. The fourth-order valence-corrected chi connectivity index (χ4v) is 2.64. The summed E-state index contributed by atoms with van der Waals surface area (Å²) >= 11 is 0. The molecule has 0 aromatic rings. The molecule has 1 saturated heterocycles. The van der Waals surface area contributed by atoms with E-state index in [-0.39, 0.29) is 0 Å². The molecule has 2 atom stereocenters. The first-order valence-corrected chi connectivity index (χ1v) is 6.27. The van der Waals surface area contributed by atoms with Gasteiger partial charge in [0.2, 0.25) is 0 Å². The maximum absolute atomic E-state index is 6.14. The Labute approximate surface area is 92.5 Å². The van der Waals surface area contributed by atoms with Crippen LogP contribution in [0, 0.1) is 0 Å². The van der Waals surface area contributed by atoms with E-state index in [0.29, 0.717) is 18.3 Å². The van der Waals surface area contributed by atoms with E-state index in [1.807, 2.05) is 7.11 Å². The van der Waals surface area contributed by atoms with Crippen LogP contribution in [0.3, 0.4) is 0 Å². The van der Waals surface area contributed by atoms with Crippen molar-refractivity contribution in [3.05, 3.63) is 0 Å². The highest BCUT2D eigenvalue weighted by Gasteiger charge is 2.25. The highest BCUT2D eigenvalue weighted by molar-refractivity contribution is 4.76. The third-order valence-electron chi connectivity index (χ3n) is 3.58. The molecular formula is C12H23NO2. The number of ether oxygens (including phenoxy) is 2. The monoisotopic (exact) mass is 213 g/mol. The zero-order valence-corrected chi connectivity index (χ0v) is 9.71. The minimum Gasteiger partial charge on any atom is -0.381 e. The largest absolute Gasteiger partial charge is 0.381 e. The quantitative estimate of drug-likeness (QED) is 0.774. The molecule has 1 aliphatic carbocycles. The maximum atomic E-state index is 6.14. The van der Waals surface area contributed by atoms with Crippen molar-refractivity contribution in [1.29, 1.82) is 0 Å². The average Bonchev–Trinajstić information content (AvgIpc) is 2.31. The lowest BCUT2D eigenvalue weighted by Gasteiger charge is -2.33. The second-order valence-corrected chi connectivity index (χ2v) is 4.73. The number of piperidine rings is 1. The fraction of sp³-hybridized carbons (Fsp3) is 1.00. The van der Waals surface area contributed by atoms with Crippen LogP contribution in [0.25, 0.3) is 0 Å². The topological polar surface area (TPSA) is 30.5 Å². The second-order valence-electron chi connectivity index (χ2n) is 4.73. The van der Waals surface area contributed by atoms with Gasteiger partial charge in [0.15, 0.2) is 0 Å². The van der Waals surface area contributed by atoms with Gasteiger partial charge in [-0.3, -0.25) is 0 Å². The molecule has 0 aromatic carbocycles. The lowest BCUT2D eigenvalue weighted by Crippen LogP contribution is -2.37. The molecule has 1 N–H and O–H groups in total. The van der Waals surface area contributed by atoms with E-state index in [0.717, 1.165) is 19.5 Å². The maximum Gasteiger partial charge on any atom is 0.0603 e. The molecule has 0 spiro atoms. The number of hydrogen-bond acceptors (Lipinski definition) is 3. The molecule has 0 amide bonds. The molecule has 1 aliphatic heterocycles. The molecule has 2 fully saturated rings. The zero-order chi connectivity index (χ0) is 10.5. The van der Waals surface area contributed by atoms with Gasteiger partial charge in [0, 0.05) is 7.11 Å². The number of hydrogen-bond donors (Lipinski definition) is 1. The first-order valence-electron chi connectivity index (χ1n) is 6.27. The predicted octanol–water partition coefficient (Wildman–Crippen LogP) is 1.71. The summed E-state index contributed by atoms with van der Waals surface area (Å²) in [5.74, 6) is 0. The first-order chi connectivity index (χ1) is 7.38. The highest BCUT2D eigenvalue weighted by Crippen LogP contribution is 2.25. The van der Waals surface area contributed by atoms with Crippen molar-refractivity contribution in [3.8, 4) is 0 Å². The summed E-state index contributed by atoms with van der Waals surface area (Å²) in [5.41, 5.74) is 0. The van der Waals surface area contributed by atoms with Crippen molar-refractivity contribution in [2.75, 3.05) is 20.2 Å². The molecule has 2 unspecified atom stereocenters. The van der Waals surface area contributed by atoms with Crippen molar-refractivity contribution in [1.82, 2.24) is 5.32 Å². The van der Waals surface area contributed by atoms with Crippen LogP contribution in [0.15, 0.2) is 0 Å². The summed E-state index contributed by atoms with van der Waals surface area (Å²) in [6.07, 6.45) is 8.52. The van der Waals surface area contributed by atoms with E-state index in [4.69, 9.17) is 9.47 Å². The van der Waals surface area contributed by atoms with E-state index >= 15 is 0 Å². The van der Waals surface area contributed by atoms with Gasteiger partial charge in [0.25, 0.3) is 0 Å². The van der Waals surface area contributed by atoms with Crippen molar-refractivity contribution >= 4 is 0 Å². The van der Waals surface area contributed by atoms with Crippen molar-refractivity contribution < 1.29 is 9.47 Å². The Morgan fingerprint density at radius 2 is 1.67 bits per heavy atom. The van der Waals surface area contributed by atoms with Crippen LogP contribution >= 0.6 is 0 Å². The smallest absolute Gasteiger partial charge is 0.0603 e. The SMILES string of the molecule is COC1CCCC(OC2CCNCC2)C1. The van der Waals surface area contributed by atoms with Crippen LogP contribution in [0.1, 0.15) is 38.5 Å². The molecule has 0 aromatic heterocycles. The summed E-state index contributed by atoms with van der Waals surface area (Å²) in [4.78, 5) is 0. The molecule has 88 valence electrons. The van der Waals surface area contributed by atoms with E-state index < -0.39 is 0 Å². The number of methoxy groups -OCH3 is 1. The summed E-state index contributed by atoms with van der Waals surface area (Å²) in [5, 5.41) is 3.37. The van der Waals surface area contributed by atoms with Crippen molar-refractivity contribution in [2.45, 2.75) is 56.8 Å². The van der Waals surface area contributed by atoms with Crippen LogP contribution < -0.4 is 5.32 Å². The van der Waals surface area contributed by atoms with E-state index in [1.165, 1.54) is 32.1 Å². The van der Waals surface area contributed by atoms with Crippen LogP contribution in [0.4, 0.5) is 0 Å². The minimum atomic E-state index is 0.436. The molecule has 15 heavy (non-hydrogen) atoms.